The van der Waals surface area contributed by atoms with Crippen LogP contribution in [0, 0.1) is 51.8 Å². The number of nitrogens with one attached hydrogen (secondary N) is 9. The molecule has 12 amide bonds. The molecule has 0 bridgehead atoms. The molecule has 6 saturated heterocycles. The number of ether oxygens (including phenoxy) is 4. The lowest BCUT2D eigenvalue weighted by atomic mass is 9.98. The third-order valence-corrected chi connectivity index (χ3v) is 23.4. The molecule has 31 heteroatoms. The molecule has 3 saturated carbocycles. The highest BCUT2D eigenvalue weighted by Gasteiger charge is 2.72. The summed E-state index contributed by atoms with van der Waals surface area (Å²) in [6.45, 7) is 31.1. The second-order valence-electron chi connectivity index (χ2n) is 33.2. The molecular weight excluding hydrogens is 1420 g/mol. The Kier molecular flexibility index (Phi) is 32.8. The Morgan fingerprint density at radius 2 is 0.718 bits per heavy atom. The van der Waals surface area contributed by atoms with Gasteiger partial charge in [0.05, 0.1) is 37.9 Å². The number of carbonyl (C=O) groups excluding carboxylic acids is 15. The number of fused-ring (bicyclic) bond motifs is 9. The quantitative estimate of drug-likeness (QED) is 0.0574. The Balaban J connectivity index is 0.000000230. The molecule has 9 fully saturated rings. The van der Waals surface area contributed by atoms with E-state index in [2.05, 4.69) is 109 Å². The van der Waals surface area contributed by atoms with Crippen LogP contribution in [0.3, 0.4) is 0 Å². The molecule has 0 aromatic carbocycles. The van der Waals surface area contributed by atoms with Crippen LogP contribution >= 0.6 is 0 Å². The fourth-order valence-corrected chi connectivity index (χ4v) is 16.9. The average molecular weight is 1540 g/mol. The number of ketones is 3. The molecule has 612 valence electrons. The summed E-state index contributed by atoms with van der Waals surface area (Å²) in [7, 11) is 0. The molecule has 6 aliphatic heterocycles. The number of Topliss-reactive ketones (excluding diaryl/α,β-unsaturated/α-hetero) is 3. The van der Waals surface area contributed by atoms with E-state index in [1.807, 2.05) is 0 Å². The highest BCUT2D eigenvalue weighted by atomic mass is 16.6. The normalized spacial score (nSPS) is 30.6. The zero-order valence-corrected chi connectivity index (χ0v) is 66.0. The fourth-order valence-electron chi connectivity index (χ4n) is 16.9. The Hall–Kier alpha value is -8.45. The maximum absolute atomic E-state index is 13.8. The number of hydrogen-bond acceptors (Lipinski definition) is 19. The average Bonchev–Trinajstić information content (AvgIpc) is 1.54. The zero-order chi connectivity index (χ0) is 80.8. The van der Waals surface area contributed by atoms with Crippen molar-refractivity contribution in [3.63, 3.8) is 0 Å². The van der Waals surface area contributed by atoms with Crippen LogP contribution in [0.4, 0.5) is 4.79 Å². The van der Waals surface area contributed by atoms with Gasteiger partial charge in [-0.05, 0) is 111 Å². The monoisotopic (exact) mass is 1540 g/mol. The summed E-state index contributed by atoms with van der Waals surface area (Å²) in [6, 6.07) is -8.15. The van der Waals surface area contributed by atoms with Gasteiger partial charge in [0.25, 0.3) is 17.7 Å². The lowest BCUT2D eigenvalue weighted by Crippen LogP contribution is -2.59. The van der Waals surface area contributed by atoms with Crippen LogP contribution in [0.5, 0.6) is 0 Å². The molecule has 0 radical (unpaired) electrons. The van der Waals surface area contributed by atoms with Crippen LogP contribution in [0.15, 0.2) is 38.0 Å². The van der Waals surface area contributed by atoms with Gasteiger partial charge in [0.1, 0.15) is 41.9 Å². The molecular formula is C79H122N12O19. The topological polar surface area (TPSA) is 411 Å². The number of hydrogen-bond donors (Lipinski definition) is 9. The van der Waals surface area contributed by atoms with E-state index in [-0.39, 0.29) is 103 Å². The van der Waals surface area contributed by atoms with Crippen molar-refractivity contribution >= 4 is 89.4 Å². The van der Waals surface area contributed by atoms with Gasteiger partial charge in [-0.25, -0.2) is 4.79 Å². The summed E-state index contributed by atoms with van der Waals surface area (Å²) in [6.07, 6.45) is 18.1. The van der Waals surface area contributed by atoms with E-state index in [1.54, 1.807) is 20.8 Å². The molecule has 9 N–H and O–H groups in total. The summed E-state index contributed by atoms with van der Waals surface area (Å²) in [4.78, 5) is 197. The fraction of sp³-hybridized carbons (Fsp3) is 0.734. The molecule has 6 heterocycles. The summed E-state index contributed by atoms with van der Waals surface area (Å²) < 4.78 is 22.5. The predicted octanol–water partition coefficient (Wildman–Crippen LogP) is 2.71. The molecule has 0 unspecified atom stereocenters. The Bertz CT molecular complexity index is 3220. The minimum atomic E-state index is -1.04. The Labute approximate surface area is 646 Å². The van der Waals surface area contributed by atoms with E-state index in [4.69, 9.17) is 18.9 Å². The molecule has 15 atom stereocenters. The summed E-state index contributed by atoms with van der Waals surface area (Å²) in [5, 5.41) is 23.6. The van der Waals surface area contributed by atoms with Crippen LogP contribution < -0.4 is 47.9 Å². The zero-order valence-electron chi connectivity index (χ0n) is 66.0. The second-order valence-corrected chi connectivity index (χ2v) is 33.2. The number of carbonyl (C=O) groups is 15. The first-order valence-electron chi connectivity index (χ1n) is 39.5. The van der Waals surface area contributed by atoms with Gasteiger partial charge in [0.2, 0.25) is 65.6 Å². The molecule has 0 aromatic rings. The van der Waals surface area contributed by atoms with Gasteiger partial charge >= 0.3 is 6.09 Å². The smallest absolute Gasteiger partial charge is 0.408 e. The minimum Gasteiger partial charge on any atom is -0.444 e. The van der Waals surface area contributed by atoms with E-state index < -0.39 is 125 Å². The minimum absolute atomic E-state index is 0.0335. The summed E-state index contributed by atoms with van der Waals surface area (Å²) >= 11 is 0. The first-order valence-corrected chi connectivity index (χ1v) is 39.5. The first kappa shape index (κ1) is 88.8. The van der Waals surface area contributed by atoms with Crippen molar-refractivity contribution in [3.05, 3.63) is 38.0 Å². The van der Waals surface area contributed by atoms with E-state index in [0.29, 0.717) is 90.8 Å². The highest BCUT2D eigenvalue weighted by molar-refractivity contribution is 6.39. The van der Waals surface area contributed by atoms with Crippen molar-refractivity contribution in [1.82, 2.24) is 62.6 Å². The van der Waals surface area contributed by atoms with Crippen molar-refractivity contribution in [3.8, 4) is 0 Å². The number of nitrogens with zero attached hydrogens (tertiary/aromatic N) is 3. The van der Waals surface area contributed by atoms with Gasteiger partial charge in [-0.15, -0.1) is 19.7 Å². The van der Waals surface area contributed by atoms with E-state index in [0.717, 1.165) is 77.0 Å². The predicted molar refractivity (Wildman–Crippen MR) is 404 cm³/mol. The molecule has 31 nitrogen and oxygen atoms in total. The van der Waals surface area contributed by atoms with Gasteiger partial charge in [-0.1, -0.05) is 137 Å². The van der Waals surface area contributed by atoms with E-state index in [1.165, 1.54) is 32.9 Å². The maximum Gasteiger partial charge on any atom is 0.408 e. The van der Waals surface area contributed by atoms with E-state index in [9.17, 15) is 71.9 Å². The van der Waals surface area contributed by atoms with Gasteiger partial charge in [-0.2, -0.15) is 0 Å². The summed E-state index contributed by atoms with van der Waals surface area (Å²) in [5.41, 5.74) is -1.16. The number of alkyl carbamates (subject to hydrolysis) is 1. The third kappa shape index (κ3) is 23.1. The largest absolute Gasteiger partial charge is 0.444 e. The number of rotatable bonds is 17. The van der Waals surface area contributed by atoms with Crippen LogP contribution in [-0.4, -0.2) is 243 Å². The second kappa shape index (κ2) is 40.7. The van der Waals surface area contributed by atoms with Gasteiger partial charge in [-0.3, -0.25) is 67.1 Å². The van der Waals surface area contributed by atoms with Crippen LogP contribution in [0.25, 0.3) is 0 Å². The number of piperidine rings is 3. The van der Waals surface area contributed by atoms with E-state index >= 15 is 0 Å². The molecule has 9 aliphatic rings. The highest BCUT2D eigenvalue weighted by Crippen LogP contribution is 2.67. The molecule has 0 aromatic heterocycles. The molecule has 9 rings (SSSR count). The van der Waals surface area contributed by atoms with Crippen LogP contribution in [0.2, 0.25) is 0 Å². The maximum atomic E-state index is 13.8. The van der Waals surface area contributed by atoms with Gasteiger partial charge in [0, 0.05) is 59.1 Å². The SMILES string of the molecule is C=CCNC(=O)C(=O)[C@@H]1CCCCCCCOC[C@H](NC(=O)OC(C)(C)C)C(=O)N2C[C@H]3[C@@H]([C@H]2C(=O)N1)C3(C)C.C=CCNC(=O)C(=O)[C@@H]1CCCCCCCOC[C@H](NC=O)C(=O)N2C[C@H]3[C@@H]([C@H]2C(=O)N1)C3(C)C.C=CCNC(=O)C(=O)[C@@H]1CCCCCCCOC[C@H](NC=O)C(=O)N2C[C@H]3[C@@H]([C@H]2C(=O)N1)C3(C)C. The Morgan fingerprint density at radius 3 is 1.00 bits per heavy atom. The van der Waals surface area contributed by atoms with Gasteiger partial charge < -0.3 is 81.5 Å². The molecule has 110 heavy (non-hydrogen) atoms. The Morgan fingerprint density at radius 1 is 0.445 bits per heavy atom. The lowest BCUT2D eigenvalue weighted by Gasteiger charge is -2.34. The van der Waals surface area contributed by atoms with Crippen LogP contribution in [0.1, 0.15) is 178 Å². The number of amides is 12. The van der Waals surface area contributed by atoms with Crippen molar-refractivity contribution in [2.24, 2.45) is 51.8 Å². The standard InChI is InChI=1S/C29H46N4O7.2C25H38N4O6/c1-7-14-30-25(36)23(34)19-13-11-9-8-10-12-15-39-17-20(32-27(38)40-28(2,3)4)26(37)33-16-18-21(29(18,5)6)22(33)24(35)31-19;2*1-4-11-26-23(33)21(31)17-10-8-6-5-7-9-12-35-14-18(27-15-30)24(34)29-13-16-19(25(16,2)3)20(29)22(32)28-17/h7,18-22H,1,8-17H2,2-6H3,(H,30,36)(H,31,35)(H,32,38);2*4,15-20H,1,5-14H2,2-3H3,(H,26,33)(H,27,30)(H,28,32)/t18-,19-,20-,21-,22-;2*16-,17-,18-,19-,20-/m000/s1. The van der Waals surface area contributed by atoms with Crippen molar-refractivity contribution in [2.75, 3.05) is 78.9 Å². The third-order valence-electron chi connectivity index (χ3n) is 23.4. The van der Waals surface area contributed by atoms with Crippen LogP contribution in [-0.2, 0) is 86.1 Å². The van der Waals surface area contributed by atoms with Crippen molar-refractivity contribution in [2.45, 2.75) is 238 Å². The van der Waals surface area contributed by atoms with Crippen molar-refractivity contribution < 1.29 is 90.9 Å². The van der Waals surface area contributed by atoms with Gasteiger partial charge in [0.15, 0.2) is 0 Å². The molecule has 0 spiro atoms. The molecule has 3 aliphatic carbocycles. The lowest BCUT2D eigenvalue weighted by molar-refractivity contribution is -0.145. The first-order chi connectivity index (χ1) is 52.2. The van der Waals surface area contributed by atoms with Crippen molar-refractivity contribution in [1.29, 1.82) is 0 Å². The summed E-state index contributed by atoms with van der Waals surface area (Å²) in [5.74, 6) is -6.78.